The van der Waals surface area contributed by atoms with E-state index >= 15 is 0 Å². The van der Waals surface area contributed by atoms with Gasteiger partial charge in [0, 0.05) is 13.0 Å². The highest BCUT2D eigenvalue weighted by Gasteiger charge is 2.42. The molecule has 5 atom stereocenters. The molecule has 0 radical (unpaired) electrons. The SMILES string of the molecule is C.C.CCOP(=O)(OC)OC1C(C)OC(C)C1C. The third-order valence-corrected chi connectivity index (χ3v) is 4.44. The normalized spacial score (nSPS) is 34.3. The lowest BCUT2D eigenvalue weighted by atomic mass is 10.0. The van der Waals surface area contributed by atoms with Gasteiger partial charge in [-0.05, 0) is 20.8 Å². The van der Waals surface area contributed by atoms with Crippen LogP contribution in [0.2, 0.25) is 0 Å². The smallest absolute Gasteiger partial charge is 0.372 e. The Morgan fingerprint density at radius 3 is 2.06 bits per heavy atom. The molecule has 0 aromatic rings. The van der Waals surface area contributed by atoms with E-state index in [-0.39, 0.29) is 45.7 Å². The van der Waals surface area contributed by atoms with E-state index < -0.39 is 7.82 Å². The van der Waals surface area contributed by atoms with Crippen molar-refractivity contribution in [1.82, 2.24) is 0 Å². The lowest BCUT2D eigenvalue weighted by molar-refractivity contribution is 0.0198. The molecule has 1 aliphatic rings. The Hall–Kier alpha value is 0.0700. The molecular weight excluding hydrogens is 255 g/mol. The van der Waals surface area contributed by atoms with Gasteiger partial charge in [0.15, 0.2) is 0 Å². The molecule has 0 N–H and O–H groups in total. The maximum Gasteiger partial charge on any atom is 0.474 e. The summed E-state index contributed by atoms with van der Waals surface area (Å²) in [6, 6.07) is 0. The molecule has 0 aliphatic carbocycles. The predicted molar refractivity (Wildman–Crippen MR) is 73.7 cm³/mol. The van der Waals surface area contributed by atoms with Gasteiger partial charge < -0.3 is 4.74 Å². The van der Waals surface area contributed by atoms with E-state index in [4.69, 9.17) is 18.3 Å². The van der Waals surface area contributed by atoms with Gasteiger partial charge in [0.2, 0.25) is 0 Å². The van der Waals surface area contributed by atoms with Gasteiger partial charge in [-0.25, -0.2) is 4.57 Å². The highest BCUT2D eigenvalue weighted by Crippen LogP contribution is 2.52. The van der Waals surface area contributed by atoms with Crippen molar-refractivity contribution in [2.24, 2.45) is 5.92 Å². The molecule has 0 aromatic carbocycles. The van der Waals surface area contributed by atoms with Gasteiger partial charge in [0.05, 0.1) is 18.8 Å². The summed E-state index contributed by atoms with van der Waals surface area (Å²) in [6.07, 6.45) is -0.270. The van der Waals surface area contributed by atoms with E-state index in [2.05, 4.69) is 0 Å². The predicted octanol–water partition coefficient (Wildman–Crippen LogP) is 3.88. The van der Waals surface area contributed by atoms with Crippen LogP contribution in [0.25, 0.3) is 0 Å². The molecule has 0 amide bonds. The summed E-state index contributed by atoms with van der Waals surface area (Å²) in [7, 11) is -2.11. The lowest BCUT2D eigenvalue weighted by Gasteiger charge is -2.23. The molecule has 1 rings (SSSR count). The summed E-state index contributed by atoms with van der Waals surface area (Å²) < 4.78 is 32.9. The maximum absolute atomic E-state index is 12.0. The van der Waals surface area contributed by atoms with Gasteiger partial charge in [0.1, 0.15) is 6.10 Å². The number of hydrogen-bond acceptors (Lipinski definition) is 5. The summed E-state index contributed by atoms with van der Waals surface area (Å²) in [6.45, 7) is 7.91. The monoisotopic (exact) mass is 284 g/mol. The van der Waals surface area contributed by atoms with E-state index in [0.717, 1.165) is 0 Å². The van der Waals surface area contributed by atoms with Gasteiger partial charge >= 0.3 is 7.82 Å². The summed E-state index contributed by atoms with van der Waals surface area (Å²) in [5.41, 5.74) is 0. The van der Waals surface area contributed by atoms with Crippen molar-refractivity contribution in [3.63, 3.8) is 0 Å². The largest absolute Gasteiger partial charge is 0.474 e. The molecule has 1 heterocycles. The van der Waals surface area contributed by atoms with Crippen LogP contribution >= 0.6 is 7.82 Å². The fourth-order valence-corrected chi connectivity index (χ4v) is 3.08. The summed E-state index contributed by atoms with van der Waals surface area (Å²) in [5, 5.41) is 0. The fraction of sp³-hybridized carbons (Fsp3) is 1.00. The number of phosphoric ester groups is 1. The molecule has 5 nitrogen and oxygen atoms in total. The third kappa shape index (κ3) is 4.63. The summed E-state index contributed by atoms with van der Waals surface area (Å²) in [4.78, 5) is 0. The summed E-state index contributed by atoms with van der Waals surface area (Å²) >= 11 is 0. The first-order valence-electron chi connectivity index (χ1n) is 5.57. The van der Waals surface area contributed by atoms with E-state index in [1.165, 1.54) is 7.11 Å². The van der Waals surface area contributed by atoms with Crippen molar-refractivity contribution in [3.05, 3.63) is 0 Å². The van der Waals surface area contributed by atoms with Crippen molar-refractivity contribution < 1.29 is 22.9 Å². The molecule has 6 heteroatoms. The zero-order valence-corrected chi connectivity index (χ0v) is 11.4. The summed E-state index contributed by atoms with van der Waals surface area (Å²) in [5.74, 6) is 0.166. The van der Waals surface area contributed by atoms with Crippen LogP contribution < -0.4 is 0 Å². The van der Waals surface area contributed by atoms with Crippen molar-refractivity contribution >= 4 is 7.82 Å². The van der Waals surface area contributed by atoms with Gasteiger partial charge in [-0.1, -0.05) is 21.8 Å². The van der Waals surface area contributed by atoms with E-state index in [0.29, 0.717) is 0 Å². The fourth-order valence-electron chi connectivity index (χ4n) is 1.85. The number of rotatable bonds is 5. The van der Waals surface area contributed by atoms with Crippen molar-refractivity contribution in [2.45, 2.75) is 60.9 Å². The van der Waals surface area contributed by atoms with Crippen LogP contribution in [0.5, 0.6) is 0 Å². The number of phosphoric acid groups is 1. The molecule has 0 aromatic heterocycles. The first-order chi connectivity index (χ1) is 7.43. The van der Waals surface area contributed by atoms with E-state index in [1.807, 2.05) is 20.8 Å². The zero-order valence-electron chi connectivity index (χ0n) is 10.5. The highest BCUT2D eigenvalue weighted by molar-refractivity contribution is 7.48. The topological polar surface area (TPSA) is 54.0 Å². The van der Waals surface area contributed by atoms with E-state index in [9.17, 15) is 4.57 Å². The Kier molecular flexibility index (Phi) is 9.38. The number of hydrogen-bond donors (Lipinski definition) is 0. The second-order valence-corrected chi connectivity index (χ2v) is 5.75. The van der Waals surface area contributed by atoms with Crippen LogP contribution in [0.4, 0.5) is 0 Å². The first kappa shape index (κ1) is 20.4. The standard InChI is InChI=1S/C10H21O5P.2CH4/c1-6-13-16(11,12-5)15-10-7(2)8(3)14-9(10)4;;/h7-10H,6H2,1-5H3;2*1H4. The minimum absolute atomic E-state index is 0. The molecule has 0 spiro atoms. The highest BCUT2D eigenvalue weighted by atomic mass is 31.2. The first-order valence-corrected chi connectivity index (χ1v) is 7.03. The molecular formula is C12H29O5P. The molecule has 5 unspecified atom stereocenters. The third-order valence-electron chi connectivity index (χ3n) is 2.91. The van der Waals surface area contributed by atoms with Crippen molar-refractivity contribution in [1.29, 1.82) is 0 Å². The van der Waals surface area contributed by atoms with Gasteiger partial charge in [-0.15, -0.1) is 0 Å². The van der Waals surface area contributed by atoms with Crippen LogP contribution in [0.1, 0.15) is 42.5 Å². The molecule has 1 aliphatic heterocycles. The van der Waals surface area contributed by atoms with Crippen LogP contribution in [0.3, 0.4) is 0 Å². The van der Waals surface area contributed by atoms with Gasteiger partial charge in [0.25, 0.3) is 0 Å². The minimum atomic E-state index is -3.43. The van der Waals surface area contributed by atoms with Gasteiger partial charge in [-0.2, -0.15) is 0 Å². The molecule has 1 fully saturated rings. The van der Waals surface area contributed by atoms with Crippen LogP contribution in [-0.2, 0) is 22.9 Å². The van der Waals surface area contributed by atoms with E-state index in [1.54, 1.807) is 6.92 Å². The molecule has 112 valence electrons. The lowest BCUT2D eigenvalue weighted by Crippen LogP contribution is -2.26. The Balaban J connectivity index is 0. The Labute approximate surface area is 112 Å². The Morgan fingerprint density at radius 1 is 1.17 bits per heavy atom. The zero-order chi connectivity index (χ0) is 12.3. The quantitative estimate of drug-likeness (QED) is 0.717. The number of ether oxygens (including phenoxy) is 1. The van der Waals surface area contributed by atoms with Gasteiger partial charge in [-0.3, -0.25) is 13.6 Å². The second kappa shape index (κ2) is 8.28. The average molecular weight is 284 g/mol. The second-order valence-electron chi connectivity index (χ2n) is 4.02. The Morgan fingerprint density at radius 2 is 1.72 bits per heavy atom. The maximum atomic E-state index is 12.0. The molecule has 0 bridgehead atoms. The van der Waals surface area contributed by atoms with Crippen LogP contribution in [-0.4, -0.2) is 32.0 Å². The minimum Gasteiger partial charge on any atom is -0.372 e. The molecule has 0 saturated carbocycles. The molecule has 18 heavy (non-hydrogen) atoms. The Bertz CT molecular complexity index is 271. The average Bonchev–Trinajstić information content (AvgIpc) is 2.46. The van der Waals surface area contributed by atoms with Crippen molar-refractivity contribution in [2.75, 3.05) is 13.7 Å². The van der Waals surface area contributed by atoms with Crippen molar-refractivity contribution in [3.8, 4) is 0 Å². The van der Waals surface area contributed by atoms with Crippen LogP contribution in [0, 0.1) is 5.92 Å². The molecule has 1 saturated heterocycles. The van der Waals surface area contributed by atoms with Crippen LogP contribution in [0.15, 0.2) is 0 Å².